The number of nitrogens with one attached hydrogen (secondary N) is 2. The lowest BCUT2D eigenvalue weighted by atomic mass is 9.98. The first-order valence-corrected chi connectivity index (χ1v) is 10.4. The fourth-order valence-corrected chi connectivity index (χ4v) is 4.17. The number of pyridine rings is 1. The number of carbonyl (C=O) groups excluding carboxylic acids is 1. The summed E-state index contributed by atoms with van der Waals surface area (Å²) in [6.45, 7) is 1.89. The van der Waals surface area contributed by atoms with Crippen molar-refractivity contribution in [2.24, 2.45) is 0 Å². The molecule has 5 nitrogen and oxygen atoms in total. The molecule has 0 saturated carbocycles. The van der Waals surface area contributed by atoms with Crippen molar-refractivity contribution < 1.29 is 22.4 Å². The van der Waals surface area contributed by atoms with Crippen molar-refractivity contribution in [3.05, 3.63) is 100 Å². The van der Waals surface area contributed by atoms with Crippen molar-refractivity contribution in [1.29, 1.82) is 0 Å². The van der Waals surface area contributed by atoms with E-state index in [0.29, 0.717) is 21.9 Å². The maximum atomic E-state index is 13.1. The molecule has 0 aliphatic rings. The zero-order chi connectivity index (χ0) is 22.7. The van der Waals surface area contributed by atoms with Gasteiger partial charge in [0.05, 0.1) is 17.9 Å². The van der Waals surface area contributed by atoms with Crippen LogP contribution >= 0.6 is 11.3 Å². The van der Waals surface area contributed by atoms with Crippen LogP contribution in [0.3, 0.4) is 0 Å². The van der Waals surface area contributed by atoms with E-state index >= 15 is 0 Å². The summed E-state index contributed by atoms with van der Waals surface area (Å²) >= 11 is 1.37. The first-order valence-electron chi connectivity index (χ1n) is 9.61. The van der Waals surface area contributed by atoms with Crippen LogP contribution in [0, 0.1) is 6.92 Å². The second kappa shape index (κ2) is 8.88. The molecule has 0 spiro atoms. The molecule has 4 rings (SSSR count). The molecule has 0 aliphatic carbocycles. The monoisotopic (exact) mass is 457 g/mol. The minimum Gasteiger partial charge on any atom is -0.459 e. The minimum atomic E-state index is -4.43. The molecule has 1 unspecified atom stereocenters. The van der Waals surface area contributed by atoms with Gasteiger partial charge in [0.2, 0.25) is 0 Å². The second-order valence-electron chi connectivity index (χ2n) is 6.99. The predicted octanol–water partition coefficient (Wildman–Crippen LogP) is 6.52. The molecule has 3 aromatic heterocycles. The Bertz CT molecular complexity index is 1190. The largest absolute Gasteiger partial charge is 0.459 e. The Morgan fingerprint density at radius 2 is 1.88 bits per heavy atom. The van der Waals surface area contributed by atoms with E-state index in [9.17, 15) is 18.0 Å². The Kier molecular flexibility index (Phi) is 6.00. The van der Waals surface area contributed by atoms with E-state index in [4.69, 9.17) is 4.42 Å². The number of aryl methyl sites for hydroxylation is 1. The molecule has 1 atom stereocenters. The molecular formula is C23H18F3N3O2S. The van der Waals surface area contributed by atoms with E-state index in [1.165, 1.54) is 29.7 Å². The van der Waals surface area contributed by atoms with Crippen LogP contribution in [0.4, 0.5) is 24.0 Å². The van der Waals surface area contributed by atoms with Gasteiger partial charge in [-0.3, -0.25) is 4.79 Å². The summed E-state index contributed by atoms with van der Waals surface area (Å²) in [5, 5.41) is 6.69. The van der Waals surface area contributed by atoms with Gasteiger partial charge in [-0.15, -0.1) is 11.3 Å². The van der Waals surface area contributed by atoms with Gasteiger partial charge in [-0.05, 0) is 55.0 Å². The van der Waals surface area contributed by atoms with Crippen LogP contribution in [-0.4, -0.2) is 10.9 Å². The van der Waals surface area contributed by atoms with Crippen LogP contribution in [0.2, 0.25) is 0 Å². The zero-order valence-corrected chi connectivity index (χ0v) is 17.6. The van der Waals surface area contributed by atoms with Gasteiger partial charge in [0.25, 0.3) is 5.91 Å². The molecule has 9 heteroatoms. The van der Waals surface area contributed by atoms with Crippen molar-refractivity contribution in [3.63, 3.8) is 0 Å². The highest BCUT2D eigenvalue weighted by molar-refractivity contribution is 7.16. The fourth-order valence-electron chi connectivity index (χ4n) is 3.22. The third kappa shape index (κ3) is 4.83. The quantitative estimate of drug-likeness (QED) is 0.346. The summed E-state index contributed by atoms with van der Waals surface area (Å²) in [6.07, 6.45) is -1.41. The van der Waals surface area contributed by atoms with Crippen molar-refractivity contribution in [3.8, 4) is 0 Å². The van der Waals surface area contributed by atoms with E-state index in [-0.39, 0.29) is 5.76 Å². The number of hydrogen-bond acceptors (Lipinski definition) is 5. The molecule has 0 aliphatic heterocycles. The van der Waals surface area contributed by atoms with Crippen LogP contribution in [0.5, 0.6) is 0 Å². The summed E-state index contributed by atoms with van der Waals surface area (Å²) in [5.74, 6) is 0.289. The van der Waals surface area contributed by atoms with Crippen LogP contribution in [0.1, 0.15) is 38.2 Å². The standard InChI is InChI=1S/C23H18F3N3O2S/c1-14-13-17(22(32-14)29-21(30)18-5-4-12-31-18)20(28-19-6-2-3-11-27-19)15-7-9-16(10-8-15)23(24,25)26/h2-13,20H,1H3,(H,27,28)(H,29,30). The third-order valence-corrected chi connectivity index (χ3v) is 5.68. The number of thiophene rings is 1. The van der Waals surface area contributed by atoms with Crippen molar-refractivity contribution in [2.45, 2.75) is 19.1 Å². The number of benzene rings is 1. The number of carbonyl (C=O) groups is 1. The van der Waals surface area contributed by atoms with Crippen molar-refractivity contribution >= 4 is 28.1 Å². The summed E-state index contributed by atoms with van der Waals surface area (Å²) in [6, 6.07) is 14.8. The van der Waals surface area contributed by atoms with Crippen molar-refractivity contribution in [2.75, 3.05) is 10.6 Å². The maximum Gasteiger partial charge on any atom is 0.416 e. The smallest absolute Gasteiger partial charge is 0.416 e. The van der Waals surface area contributed by atoms with E-state index in [0.717, 1.165) is 17.0 Å². The minimum absolute atomic E-state index is 0.158. The predicted molar refractivity (Wildman–Crippen MR) is 117 cm³/mol. The topological polar surface area (TPSA) is 67.2 Å². The molecule has 0 saturated heterocycles. The lowest BCUT2D eigenvalue weighted by Crippen LogP contribution is -2.17. The number of anilines is 2. The van der Waals surface area contributed by atoms with Crippen LogP contribution in [0.15, 0.2) is 77.5 Å². The zero-order valence-electron chi connectivity index (χ0n) is 16.8. The third-order valence-electron chi connectivity index (χ3n) is 4.70. The number of hydrogen-bond donors (Lipinski definition) is 2. The van der Waals surface area contributed by atoms with Crippen molar-refractivity contribution in [1.82, 2.24) is 4.98 Å². The second-order valence-corrected chi connectivity index (χ2v) is 8.24. The van der Waals surface area contributed by atoms with E-state index in [1.807, 2.05) is 13.0 Å². The highest BCUT2D eigenvalue weighted by Gasteiger charge is 2.31. The van der Waals surface area contributed by atoms with Gasteiger partial charge in [0, 0.05) is 16.6 Å². The van der Waals surface area contributed by atoms with Gasteiger partial charge < -0.3 is 15.1 Å². The number of halogens is 3. The SMILES string of the molecule is Cc1cc(C(Nc2ccccn2)c2ccc(C(F)(F)F)cc2)c(NC(=O)c2ccco2)s1. The fraction of sp³-hybridized carbons (Fsp3) is 0.130. The molecule has 4 aromatic rings. The lowest BCUT2D eigenvalue weighted by Gasteiger charge is -2.21. The van der Waals surface area contributed by atoms with Gasteiger partial charge in [0.1, 0.15) is 10.8 Å². The van der Waals surface area contributed by atoms with E-state index < -0.39 is 23.7 Å². The Balaban J connectivity index is 1.72. The molecule has 1 amide bonds. The molecule has 2 N–H and O–H groups in total. The number of nitrogens with zero attached hydrogens (tertiary/aromatic N) is 1. The average Bonchev–Trinajstić information content (AvgIpc) is 3.42. The Hall–Kier alpha value is -3.59. The number of aromatic nitrogens is 1. The molecule has 0 fully saturated rings. The van der Waals surface area contributed by atoms with Gasteiger partial charge >= 0.3 is 6.18 Å². The van der Waals surface area contributed by atoms with E-state index in [2.05, 4.69) is 15.6 Å². The van der Waals surface area contributed by atoms with Gasteiger partial charge in [-0.1, -0.05) is 18.2 Å². The Morgan fingerprint density at radius 1 is 1.09 bits per heavy atom. The summed E-state index contributed by atoms with van der Waals surface area (Å²) in [4.78, 5) is 17.8. The first-order chi connectivity index (χ1) is 15.3. The highest BCUT2D eigenvalue weighted by atomic mass is 32.1. The molecule has 0 bridgehead atoms. The Morgan fingerprint density at radius 3 is 2.50 bits per heavy atom. The van der Waals surface area contributed by atoms with Crippen LogP contribution in [-0.2, 0) is 6.18 Å². The van der Waals surface area contributed by atoms with E-state index in [1.54, 1.807) is 36.5 Å². The number of furan rings is 1. The summed E-state index contributed by atoms with van der Waals surface area (Å²) in [5.41, 5.74) is 0.568. The molecule has 3 heterocycles. The number of alkyl halides is 3. The average molecular weight is 457 g/mol. The molecule has 0 radical (unpaired) electrons. The lowest BCUT2D eigenvalue weighted by molar-refractivity contribution is -0.137. The Labute approximate surface area is 185 Å². The van der Waals surface area contributed by atoms with Gasteiger partial charge in [-0.25, -0.2) is 4.98 Å². The normalized spacial score (nSPS) is 12.4. The molecule has 1 aromatic carbocycles. The highest BCUT2D eigenvalue weighted by Crippen LogP contribution is 2.38. The first kappa shape index (κ1) is 21.6. The van der Waals surface area contributed by atoms with Gasteiger partial charge in [-0.2, -0.15) is 13.2 Å². The molecular weight excluding hydrogens is 439 g/mol. The van der Waals surface area contributed by atoms with Crippen LogP contribution in [0.25, 0.3) is 0 Å². The number of amides is 1. The number of rotatable bonds is 6. The molecule has 32 heavy (non-hydrogen) atoms. The maximum absolute atomic E-state index is 13.1. The molecule has 164 valence electrons. The summed E-state index contributed by atoms with van der Waals surface area (Å²) < 4.78 is 44.3. The van der Waals surface area contributed by atoms with Crippen LogP contribution < -0.4 is 10.6 Å². The van der Waals surface area contributed by atoms with Gasteiger partial charge in [0.15, 0.2) is 5.76 Å². The summed E-state index contributed by atoms with van der Waals surface area (Å²) in [7, 11) is 0.